The zero-order valence-electron chi connectivity index (χ0n) is 9.65. The molecule has 0 saturated carbocycles. The monoisotopic (exact) mass is 227 g/mol. The fourth-order valence-electron chi connectivity index (χ4n) is 1.43. The highest BCUT2D eigenvalue weighted by atomic mass is 32.2. The number of thioether (sulfide) groups is 1. The van der Waals surface area contributed by atoms with Crippen molar-refractivity contribution in [2.45, 2.75) is 39.3 Å². The topological polar surface area (TPSA) is 43.8 Å². The number of nitrogens with zero attached hydrogens (tertiary/aromatic N) is 2. The normalized spacial score (nSPS) is 13.0. The molecule has 0 aliphatic carbocycles. The van der Waals surface area contributed by atoms with E-state index in [9.17, 15) is 0 Å². The first kappa shape index (κ1) is 12.6. The first-order valence-corrected chi connectivity index (χ1v) is 6.76. The Morgan fingerprint density at radius 2 is 2.33 bits per heavy atom. The molecule has 0 aromatic carbocycles. The molecule has 0 bridgehead atoms. The molecule has 3 nitrogen and oxygen atoms in total. The van der Waals surface area contributed by atoms with Gasteiger partial charge in [-0.2, -0.15) is 16.9 Å². The van der Waals surface area contributed by atoms with Crippen LogP contribution >= 0.6 is 11.8 Å². The van der Waals surface area contributed by atoms with Crippen LogP contribution in [0.1, 0.15) is 25.8 Å². The Labute approximate surface area is 96.4 Å². The summed E-state index contributed by atoms with van der Waals surface area (Å²) < 4.78 is 1.95. The van der Waals surface area contributed by atoms with Crippen LogP contribution in [-0.4, -0.2) is 27.3 Å². The molecule has 0 aliphatic rings. The Kier molecular flexibility index (Phi) is 5.79. The lowest BCUT2D eigenvalue weighted by molar-refractivity contribution is 0.658. The van der Waals surface area contributed by atoms with Crippen molar-refractivity contribution >= 4 is 11.8 Å². The largest absolute Gasteiger partial charge is 0.327 e. The van der Waals surface area contributed by atoms with Gasteiger partial charge in [0.1, 0.15) is 0 Å². The first-order valence-electron chi connectivity index (χ1n) is 5.60. The van der Waals surface area contributed by atoms with E-state index in [2.05, 4.69) is 25.1 Å². The van der Waals surface area contributed by atoms with Gasteiger partial charge in [0.25, 0.3) is 0 Å². The molecule has 0 radical (unpaired) electrons. The highest BCUT2D eigenvalue weighted by molar-refractivity contribution is 7.99. The summed E-state index contributed by atoms with van der Waals surface area (Å²) in [6.07, 6.45) is 6.18. The second kappa shape index (κ2) is 6.90. The van der Waals surface area contributed by atoms with Crippen LogP contribution in [0.2, 0.25) is 0 Å². The van der Waals surface area contributed by atoms with Gasteiger partial charge in [-0.15, -0.1) is 0 Å². The molecule has 4 heteroatoms. The summed E-state index contributed by atoms with van der Waals surface area (Å²) in [5, 5.41) is 4.24. The van der Waals surface area contributed by atoms with Crippen molar-refractivity contribution in [1.82, 2.24) is 9.78 Å². The van der Waals surface area contributed by atoms with Gasteiger partial charge in [0.05, 0.1) is 6.20 Å². The SMILES string of the molecule is CCCSCC(N)Cc1cnn(CC)c1. The average Bonchev–Trinajstić information content (AvgIpc) is 2.66. The number of nitrogens with two attached hydrogens (primary N) is 1. The third kappa shape index (κ3) is 4.71. The lowest BCUT2D eigenvalue weighted by Crippen LogP contribution is -2.25. The molecule has 1 rings (SSSR count). The van der Waals surface area contributed by atoms with Crippen LogP contribution in [-0.2, 0) is 13.0 Å². The molecule has 1 atom stereocenters. The lowest BCUT2D eigenvalue weighted by Gasteiger charge is -2.08. The maximum Gasteiger partial charge on any atom is 0.0522 e. The molecule has 1 aromatic rings. The Hall–Kier alpha value is -0.480. The molecule has 1 aromatic heterocycles. The van der Waals surface area contributed by atoms with Gasteiger partial charge in [-0.1, -0.05) is 6.92 Å². The van der Waals surface area contributed by atoms with E-state index < -0.39 is 0 Å². The van der Waals surface area contributed by atoms with Crippen molar-refractivity contribution in [3.8, 4) is 0 Å². The van der Waals surface area contributed by atoms with Gasteiger partial charge in [-0.05, 0) is 31.1 Å². The minimum Gasteiger partial charge on any atom is -0.327 e. The van der Waals surface area contributed by atoms with E-state index in [0.717, 1.165) is 18.7 Å². The van der Waals surface area contributed by atoms with Crippen LogP contribution in [0, 0.1) is 0 Å². The Balaban J connectivity index is 2.27. The summed E-state index contributed by atoms with van der Waals surface area (Å²) in [6.45, 7) is 5.22. The van der Waals surface area contributed by atoms with E-state index in [4.69, 9.17) is 5.73 Å². The standard InChI is InChI=1S/C11H21N3S/c1-3-5-15-9-11(12)6-10-7-13-14(4-2)8-10/h7-8,11H,3-6,9,12H2,1-2H3. The minimum absolute atomic E-state index is 0.260. The summed E-state index contributed by atoms with van der Waals surface area (Å²) in [5.74, 6) is 2.26. The van der Waals surface area contributed by atoms with Crippen molar-refractivity contribution in [1.29, 1.82) is 0 Å². The van der Waals surface area contributed by atoms with Crippen molar-refractivity contribution in [3.63, 3.8) is 0 Å². The van der Waals surface area contributed by atoms with Gasteiger partial charge in [-0.3, -0.25) is 4.68 Å². The van der Waals surface area contributed by atoms with E-state index in [1.165, 1.54) is 17.7 Å². The molecule has 2 N–H and O–H groups in total. The van der Waals surface area contributed by atoms with E-state index in [-0.39, 0.29) is 6.04 Å². The highest BCUT2D eigenvalue weighted by Crippen LogP contribution is 2.08. The fraction of sp³-hybridized carbons (Fsp3) is 0.727. The van der Waals surface area contributed by atoms with Crippen LogP contribution < -0.4 is 5.73 Å². The number of aryl methyl sites for hydroxylation is 1. The lowest BCUT2D eigenvalue weighted by atomic mass is 10.1. The third-order valence-electron chi connectivity index (χ3n) is 2.19. The second-order valence-corrected chi connectivity index (χ2v) is 4.89. The van der Waals surface area contributed by atoms with Gasteiger partial charge >= 0.3 is 0 Å². The van der Waals surface area contributed by atoms with E-state index in [1.807, 2.05) is 22.6 Å². The summed E-state index contributed by atoms with van der Waals surface area (Å²) >= 11 is 1.94. The highest BCUT2D eigenvalue weighted by Gasteiger charge is 2.05. The molecule has 1 heterocycles. The van der Waals surface area contributed by atoms with Crippen molar-refractivity contribution < 1.29 is 0 Å². The summed E-state index contributed by atoms with van der Waals surface area (Å²) in [4.78, 5) is 0. The zero-order valence-corrected chi connectivity index (χ0v) is 10.5. The molecule has 0 aliphatic heterocycles. The molecule has 15 heavy (non-hydrogen) atoms. The molecule has 0 fully saturated rings. The Bertz CT molecular complexity index is 273. The maximum absolute atomic E-state index is 6.04. The Morgan fingerprint density at radius 3 is 2.93 bits per heavy atom. The smallest absolute Gasteiger partial charge is 0.0522 e. The van der Waals surface area contributed by atoms with Crippen LogP contribution in [0.4, 0.5) is 0 Å². The van der Waals surface area contributed by atoms with Gasteiger partial charge in [0, 0.05) is 24.5 Å². The first-order chi connectivity index (χ1) is 7.26. The molecule has 0 saturated heterocycles. The fourth-order valence-corrected chi connectivity index (χ4v) is 2.30. The summed E-state index contributed by atoms with van der Waals surface area (Å²) in [7, 11) is 0. The van der Waals surface area contributed by atoms with Crippen molar-refractivity contribution in [2.75, 3.05) is 11.5 Å². The zero-order chi connectivity index (χ0) is 11.1. The average molecular weight is 227 g/mol. The van der Waals surface area contributed by atoms with Crippen molar-refractivity contribution in [2.24, 2.45) is 5.73 Å². The van der Waals surface area contributed by atoms with Gasteiger partial charge in [-0.25, -0.2) is 0 Å². The number of aromatic nitrogens is 2. The maximum atomic E-state index is 6.04. The molecule has 86 valence electrons. The molecular weight excluding hydrogens is 206 g/mol. The number of hydrogen-bond donors (Lipinski definition) is 1. The van der Waals surface area contributed by atoms with Gasteiger partial charge in [0.2, 0.25) is 0 Å². The quantitative estimate of drug-likeness (QED) is 0.724. The van der Waals surface area contributed by atoms with E-state index >= 15 is 0 Å². The Morgan fingerprint density at radius 1 is 1.53 bits per heavy atom. The van der Waals surface area contributed by atoms with Crippen LogP contribution in [0.5, 0.6) is 0 Å². The third-order valence-corrected chi connectivity index (χ3v) is 3.55. The second-order valence-electron chi connectivity index (χ2n) is 3.74. The van der Waals surface area contributed by atoms with Crippen LogP contribution in [0.15, 0.2) is 12.4 Å². The van der Waals surface area contributed by atoms with E-state index in [1.54, 1.807) is 0 Å². The van der Waals surface area contributed by atoms with Crippen molar-refractivity contribution in [3.05, 3.63) is 18.0 Å². The van der Waals surface area contributed by atoms with Crippen LogP contribution in [0.25, 0.3) is 0 Å². The predicted octanol–water partition coefficient (Wildman–Crippen LogP) is 1.92. The summed E-state index contributed by atoms with van der Waals surface area (Å²) in [5.41, 5.74) is 7.29. The summed E-state index contributed by atoms with van der Waals surface area (Å²) in [6, 6.07) is 0.260. The van der Waals surface area contributed by atoms with Gasteiger partial charge < -0.3 is 5.73 Å². The molecule has 1 unspecified atom stereocenters. The van der Waals surface area contributed by atoms with E-state index in [0.29, 0.717) is 0 Å². The number of rotatable bonds is 7. The molecule has 0 spiro atoms. The van der Waals surface area contributed by atoms with Crippen LogP contribution in [0.3, 0.4) is 0 Å². The number of hydrogen-bond acceptors (Lipinski definition) is 3. The molecular formula is C11H21N3S. The minimum atomic E-state index is 0.260. The molecule has 0 amide bonds. The predicted molar refractivity (Wildman–Crippen MR) is 67.2 cm³/mol. The van der Waals surface area contributed by atoms with Gasteiger partial charge in [0.15, 0.2) is 0 Å².